The van der Waals surface area contributed by atoms with Crippen LogP contribution in [0.3, 0.4) is 0 Å². The second-order valence-electron chi connectivity index (χ2n) is 10.7. The molecule has 1 atom stereocenters. The molecule has 3 aromatic rings. The first-order valence-electron chi connectivity index (χ1n) is 14.8. The summed E-state index contributed by atoms with van der Waals surface area (Å²) in [4.78, 5) is 26.1. The third-order valence-corrected chi connectivity index (χ3v) is 7.81. The van der Waals surface area contributed by atoms with Gasteiger partial charge in [0.05, 0.1) is 39.9 Å². The summed E-state index contributed by atoms with van der Waals surface area (Å²) in [5.74, 6) is 2.16. The van der Waals surface area contributed by atoms with E-state index in [4.69, 9.17) is 28.4 Å². The Bertz CT molecular complexity index is 1480. The van der Waals surface area contributed by atoms with Crippen LogP contribution in [0.15, 0.2) is 54.3 Å². The van der Waals surface area contributed by atoms with Crippen LogP contribution in [0.1, 0.15) is 84.8 Å². The first kappa shape index (κ1) is 30.0. The van der Waals surface area contributed by atoms with E-state index in [9.17, 15) is 9.59 Å². The van der Waals surface area contributed by atoms with Gasteiger partial charge >= 0.3 is 5.97 Å². The number of unbranched alkanes of at least 4 members (excludes halogenated alkanes) is 5. The number of rotatable bonds is 13. The second-order valence-corrected chi connectivity index (χ2v) is 10.7. The second kappa shape index (κ2) is 13.7. The predicted octanol–water partition coefficient (Wildman–Crippen LogP) is 7.51. The van der Waals surface area contributed by atoms with Crippen LogP contribution in [0, 0.1) is 0 Å². The van der Waals surface area contributed by atoms with Gasteiger partial charge in [-0.15, -0.1) is 0 Å². The molecular weight excluding hydrogens is 548 g/mol. The Morgan fingerprint density at radius 3 is 2.21 bits per heavy atom. The summed E-state index contributed by atoms with van der Waals surface area (Å²) in [6.07, 6.45) is 9.00. The Balaban J connectivity index is 1.38. The van der Waals surface area contributed by atoms with Gasteiger partial charge in [-0.05, 0) is 60.0 Å². The van der Waals surface area contributed by atoms with Gasteiger partial charge in [-0.1, -0.05) is 51.2 Å². The normalized spacial score (nSPS) is 16.3. The summed E-state index contributed by atoms with van der Waals surface area (Å²) in [6, 6.07) is 14.6. The molecule has 0 bridgehead atoms. The number of ether oxygens (including phenoxy) is 6. The number of hydrogen-bond acceptors (Lipinski definition) is 8. The van der Waals surface area contributed by atoms with Crippen molar-refractivity contribution in [3.63, 3.8) is 0 Å². The molecule has 3 aromatic carbocycles. The highest BCUT2D eigenvalue weighted by atomic mass is 16.5. The highest BCUT2D eigenvalue weighted by molar-refractivity contribution is 6.15. The van der Waals surface area contributed by atoms with Crippen molar-refractivity contribution in [2.45, 2.75) is 57.8 Å². The number of allylic oxidation sites excluding steroid dienone is 1. The van der Waals surface area contributed by atoms with Crippen molar-refractivity contribution in [3.8, 4) is 34.5 Å². The van der Waals surface area contributed by atoms with Crippen molar-refractivity contribution in [2.24, 2.45) is 0 Å². The Morgan fingerprint density at radius 2 is 1.53 bits per heavy atom. The van der Waals surface area contributed by atoms with Crippen molar-refractivity contribution in [1.82, 2.24) is 0 Å². The zero-order valence-corrected chi connectivity index (χ0v) is 25.2. The molecule has 0 amide bonds. The average molecular weight is 587 g/mol. The van der Waals surface area contributed by atoms with Gasteiger partial charge in [0.2, 0.25) is 11.5 Å². The minimum atomic E-state index is -0.341. The van der Waals surface area contributed by atoms with Gasteiger partial charge in [-0.25, -0.2) is 0 Å². The lowest BCUT2D eigenvalue weighted by Gasteiger charge is -2.26. The number of Topliss-reactive ketones (excluding diaryl/α,β-unsaturated/α-hetero) is 1. The lowest BCUT2D eigenvalue weighted by molar-refractivity contribution is -0.135. The molecule has 2 aliphatic heterocycles. The fourth-order valence-electron chi connectivity index (χ4n) is 5.60. The molecule has 5 rings (SSSR count). The Morgan fingerprint density at radius 1 is 0.837 bits per heavy atom. The van der Waals surface area contributed by atoms with Crippen LogP contribution in [-0.2, 0) is 4.79 Å². The molecule has 0 unspecified atom stereocenters. The van der Waals surface area contributed by atoms with Crippen LogP contribution in [-0.4, -0.2) is 39.7 Å². The van der Waals surface area contributed by atoms with Gasteiger partial charge in [0.1, 0.15) is 17.2 Å². The molecule has 0 saturated carbocycles. The van der Waals surface area contributed by atoms with E-state index < -0.39 is 0 Å². The molecule has 8 heteroatoms. The molecule has 0 radical (unpaired) electrons. The Hall–Kier alpha value is -4.46. The molecule has 226 valence electrons. The highest BCUT2D eigenvalue weighted by Crippen LogP contribution is 2.49. The maximum Gasteiger partial charge on any atom is 0.312 e. The van der Waals surface area contributed by atoms with Crippen LogP contribution in [0.4, 0.5) is 0 Å². The Labute approximate surface area is 252 Å². The van der Waals surface area contributed by atoms with Crippen LogP contribution < -0.4 is 28.4 Å². The van der Waals surface area contributed by atoms with E-state index in [2.05, 4.69) is 6.92 Å². The summed E-state index contributed by atoms with van der Waals surface area (Å²) < 4.78 is 34.1. The van der Waals surface area contributed by atoms with Gasteiger partial charge in [0, 0.05) is 11.5 Å². The number of carbonyl (C=O) groups is 2. The van der Waals surface area contributed by atoms with Crippen LogP contribution >= 0.6 is 0 Å². The van der Waals surface area contributed by atoms with Crippen molar-refractivity contribution < 1.29 is 38.0 Å². The van der Waals surface area contributed by atoms with E-state index in [1.54, 1.807) is 30.3 Å². The molecule has 0 aliphatic carbocycles. The maximum atomic E-state index is 13.5. The van der Waals surface area contributed by atoms with E-state index in [1.165, 1.54) is 53.4 Å². The van der Waals surface area contributed by atoms with E-state index in [0.29, 0.717) is 52.0 Å². The molecule has 8 nitrogen and oxygen atoms in total. The molecule has 2 heterocycles. The van der Waals surface area contributed by atoms with Gasteiger partial charge in [-0.3, -0.25) is 9.59 Å². The predicted molar refractivity (Wildman–Crippen MR) is 163 cm³/mol. The number of carbonyl (C=O) groups excluding carboxylic acids is 2. The first-order chi connectivity index (χ1) is 21.0. The molecule has 0 spiro atoms. The number of fused-ring (bicyclic) bond motifs is 3. The SMILES string of the molecule is CCCCCCCCOc1ccc([C@H]2CC(=O)Oc3ccc4c(c32)O/C(=C\c2cc(OC)c(OC)c(OC)c2)C4=O)cc1. The molecule has 0 fully saturated rings. The number of benzene rings is 3. The Kier molecular flexibility index (Phi) is 9.55. The largest absolute Gasteiger partial charge is 0.494 e. The zero-order valence-electron chi connectivity index (χ0n) is 25.2. The zero-order chi connectivity index (χ0) is 30.3. The maximum absolute atomic E-state index is 13.5. The van der Waals surface area contributed by atoms with Crippen molar-refractivity contribution in [2.75, 3.05) is 27.9 Å². The lowest BCUT2D eigenvalue weighted by atomic mass is 9.84. The number of ketones is 1. The van der Waals surface area contributed by atoms with Crippen LogP contribution in [0.25, 0.3) is 6.08 Å². The molecule has 0 aromatic heterocycles. The number of hydrogen-bond donors (Lipinski definition) is 0. The summed E-state index contributed by atoms with van der Waals surface area (Å²) >= 11 is 0. The minimum absolute atomic E-state index is 0.130. The average Bonchev–Trinajstić information content (AvgIpc) is 3.34. The summed E-state index contributed by atoms with van der Waals surface area (Å²) in [5, 5.41) is 0. The van der Waals surface area contributed by atoms with Gasteiger partial charge in [0.25, 0.3) is 0 Å². The quantitative estimate of drug-likeness (QED) is 0.0880. The third kappa shape index (κ3) is 6.48. The van der Waals surface area contributed by atoms with Crippen molar-refractivity contribution >= 4 is 17.8 Å². The van der Waals surface area contributed by atoms with Crippen molar-refractivity contribution in [3.05, 3.63) is 76.5 Å². The number of methoxy groups -OCH3 is 3. The first-order valence-corrected chi connectivity index (χ1v) is 14.8. The fourth-order valence-corrected chi connectivity index (χ4v) is 5.60. The number of esters is 1. The smallest absolute Gasteiger partial charge is 0.312 e. The monoisotopic (exact) mass is 586 g/mol. The third-order valence-electron chi connectivity index (χ3n) is 7.81. The summed E-state index contributed by atoms with van der Waals surface area (Å²) in [5.41, 5.74) is 2.65. The summed E-state index contributed by atoms with van der Waals surface area (Å²) in [7, 11) is 4.59. The molecule has 43 heavy (non-hydrogen) atoms. The van der Waals surface area contributed by atoms with E-state index in [1.807, 2.05) is 24.3 Å². The molecular formula is C35H38O8. The van der Waals surface area contributed by atoms with Gasteiger partial charge in [0.15, 0.2) is 17.3 Å². The summed E-state index contributed by atoms with van der Waals surface area (Å²) in [6.45, 7) is 2.89. The highest BCUT2D eigenvalue weighted by Gasteiger charge is 2.38. The van der Waals surface area contributed by atoms with Gasteiger partial charge < -0.3 is 28.4 Å². The molecule has 0 N–H and O–H groups in total. The van der Waals surface area contributed by atoms with E-state index in [-0.39, 0.29) is 29.9 Å². The van der Waals surface area contributed by atoms with E-state index >= 15 is 0 Å². The lowest BCUT2D eigenvalue weighted by Crippen LogP contribution is -2.21. The standard InChI is InChI=1S/C35H38O8/c1-5-6-7-8-9-10-17-41-24-13-11-23(12-14-24)26-21-31(36)42-27-16-15-25-33(37)28(43-34(25)32(26)27)18-22-19-29(38-2)35(40-4)30(20-22)39-3/h11-16,18-20,26H,5-10,17,21H2,1-4H3/b28-18-/t26-/m1/s1. The minimum Gasteiger partial charge on any atom is -0.494 e. The van der Waals surface area contributed by atoms with Crippen LogP contribution in [0.5, 0.6) is 34.5 Å². The van der Waals surface area contributed by atoms with Crippen molar-refractivity contribution in [1.29, 1.82) is 0 Å². The molecule has 2 aliphatic rings. The topological polar surface area (TPSA) is 89.5 Å². The van der Waals surface area contributed by atoms with E-state index in [0.717, 1.165) is 17.7 Å². The van der Waals surface area contributed by atoms with Gasteiger partial charge in [-0.2, -0.15) is 0 Å². The molecule has 0 saturated heterocycles. The fraction of sp³-hybridized carbons (Fsp3) is 0.371. The van der Waals surface area contributed by atoms with Crippen LogP contribution in [0.2, 0.25) is 0 Å².